The van der Waals surface area contributed by atoms with Crippen LogP contribution in [-0.4, -0.2) is 27.0 Å². The number of para-hydroxylation sites is 1. The number of aliphatic hydroxyl groups is 1. The van der Waals surface area contributed by atoms with Crippen LogP contribution in [0.1, 0.15) is 26.2 Å². The summed E-state index contributed by atoms with van der Waals surface area (Å²) >= 11 is 1.54. The van der Waals surface area contributed by atoms with Gasteiger partial charge >= 0.3 is 0 Å². The minimum Gasteiger partial charge on any atom is -0.396 e. The molecule has 0 saturated carbocycles. The molecule has 0 spiro atoms. The van der Waals surface area contributed by atoms with Crippen LogP contribution in [0, 0.1) is 0 Å². The van der Waals surface area contributed by atoms with Gasteiger partial charge in [0.25, 0.3) is 5.56 Å². The highest BCUT2D eigenvalue weighted by atomic mass is 32.2. The van der Waals surface area contributed by atoms with Crippen LogP contribution < -0.4 is 5.56 Å². The predicted molar refractivity (Wildman–Crippen MR) is 83.3 cm³/mol. The Morgan fingerprint density at radius 2 is 2.10 bits per heavy atom. The van der Waals surface area contributed by atoms with E-state index in [2.05, 4.69) is 11.9 Å². The lowest BCUT2D eigenvalue weighted by molar-refractivity contribution is 0.296. The number of fused-ring (bicyclic) bond motifs is 1. The molecule has 0 unspecified atom stereocenters. The second-order valence-corrected chi connectivity index (χ2v) is 5.71. The lowest BCUT2D eigenvalue weighted by Crippen LogP contribution is -2.23. The summed E-state index contributed by atoms with van der Waals surface area (Å²) in [5.74, 6) is 0.771. The van der Waals surface area contributed by atoms with Crippen molar-refractivity contribution in [1.82, 2.24) is 9.55 Å². The maximum Gasteiger partial charge on any atom is 0.262 e. The molecule has 0 bridgehead atoms. The number of unbranched alkanes of at least 4 members (excludes halogenated alkanes) is 1. The molecule has 0 aliphatic heterocycles. The molecule has 1 N–H and O–H groups in total. The number of hydrogen-bond donors (Lipinski definition) is 1. The molecule has 2 rings (SSSR count). The van der Waals surface area contributed by atoms with Gasteiger partial charge in [0.05, 0.1) is 10.9 Å². The van der Waals surface area contributed by atoms with Crippen molar-refractivity contribution in [2.24, 2.45) is 0 Å². The quantitative estimate of drug-likeness (QED) is 0.484. The van der Waals surface area contributed by atoms with Gasteiger partial charge in [0.15, 0.2) is 5.16 Å². The number of nitrogens with zero attached hydrogens (tertiary/aromatic N) is 2. The number of benzene rings is 1. The molecule has 0 aliphatic carbocycles. The van der Waals surface area contributed by atoms with E-state index >= 15 is 0 Å². The molecule has 0 saturated heterocycles. The second-order valence-electron chi connectivity index (χ2n) is 4.65. The summed E-state index contributed by atoms with van der Waals surface area (Å²) in [7, 11) is 0. The van der Waals surface area contributed by atoms with Gasteiger partial charge in [-0.1, -0.05) is 37.2 Å². The molecule has 0 fully saturated rings. The molecule has 0 amide bonds. The van der Waals surface area contributed by atoms with E-state index in [4.69, 9.17) is 5.11 Å². The molecule has 108 valence electrons. The number of aromatic nitrogens is 2. The van der Waals surface area contributed by atoms with Gasteiger partial charge < -0.3 is 5.11 Å². The Bertz CT molecular complexity index is 625. The molecule has 1 aromatic heterocycles. The van der Waals surface area contributed by atoms with Crippen LogP contribution in [0.15, 0.2) is 34.2 Å². The first-order chi connectivity index (χ1) is 9.77. The Morgan fingerprint density at radius 1 is 1.30 bits per heavy atom. The highest BCUT2D eigenvalue weighted by molar-refractivity contribution is 7.99. The minimum absolute atomic E-state index is 0.0375. The molecular weight excluding hydrogens is 272 g/mol. The van der Waals surface area contributed by atoms with E-state index in [1.165, 1.54) is 0 Å². The average Bonchev–Trinajstić information content (AvgIpc) is 2.47. The molecular formula is C15H20N2O2S. The zero-order valence-electron chi connectivity index (χ0n) is 11.7. The Labute approximate surface area is 122 Å². The number of thioether (sulfide) groups is 1. The largest absolute Gasteiger partial charge is 0.396 e. The summed E-state index contributed by atoms with van der Waals surface area (Å²) in [5, 5.41) is 10.3. The lowest BCUT2D eigenvalue weighted by atomic mass is 10.2. The fourth-order valence-electron chi connectivity index (χ4n) is 2.00. The van der Waals surface area contributed by atoms with E-state index in [0.29, 0.717) is 18.4 Å². The molecule has 0 atom stereocenters. The molecule has 2 aromatic rings. The van der Waals surface area contributed by atoms with Gasteiger partial charge in [-0.25, -0.2) is 4.98 Å². The summed E-state index contributed by atoms with van der Waals surface area (Å²) in [4.78, 5) is 17.2. The minimum atomic E-state index is 0.0375. The summed E-state index contributed by atoms with van der Waals surface area (Å²) < 4.78 is 1.77. The molecule has 4 nitrogen and oxygen atoms in total. The van der Waals surface area contributed by atoms with Crippen LogP contribution in [0.2, 0.25) is 0 Å². The maximum absolute atomic E-state index is 12.5. The highest BCUT2D eigenvalue weighted by Gasteiger charge is 2.10. The van der Waals surface area contributed by atoms with Crippen molar-refractivity contribution < 1.29 is 5.11 Å². The third-order valence-corrected chi connectivity index (χ3v) is 4.16. The first-order valence-electron chi connectivity index (χ1n) is 7.01. The second kappa shape index (κ2) is 7.45. The monoisotopic (exact) mass is 292 g/mol. The fourth-order valence-corrected chi connectivity index (χ4v) is 2.95. The van der Waals surface area contributed by atoms with E-state index < -0.39 is 0 Å². The lowest BCUT2D eigenvalue weighted by Gasteiger charge is -2.12. The highest BCUT2D eigenvalue weighted by Crippen LogP contribution is 2.18. The molecule has 20 heavy (non-hydrogen) atoms. The molecule has 1 aromatic carbocycles. The Kier molecular flexibility index (Phi) is 5.61. The van der Waals surface area contributed by atoms with Crippen molar-refractivity contribution in [3.05, 3.63) is 34.6 Å². The standard InChI is InChI=1S/C15H20N2O2S/c1-2-3-9-17-14(19)12-7-4-5-8-13(12)16-15(17)20-11-6-10-18/h4-5,7-8,18H,2-3,6,9-11H2,1H3. The van der Waals surface area contributed by atoms with E-state index in [1.54, 1.807) is 16.3 Å². The van der Waals surface area contributed by atoms with Gasteiger partial charge in [-0.3, -0.25) is 9.36 Å². The average molecular weight is 292 g/mol. The van der Waals surface area contributed by atoms with Crippen molar-refractivity contribution in [2.75, 3.05) is 12.4 Å². The third-order valence-electron chi connectivity index (χ3n) is 3.10. The third kappa shape index (κ3) is 3.41. The van der Waals surface area contributed by atoms with Crippen LogP contribution in [0.4, 0.5) is 0 Å². The maximum atomic E-state index is 12.5. The van der Waals surface area contributed by atoms with Crippen LogP contribution in [0.5, 0.6) is 0 Å². The Morgan fingerprint density at radius 3 is 2.85 bits per heavy atom. The normalized spacial score (nSPS) is 11.1. The molecule has 1 heterocycles. The van der Waals surface area contributed by atoms with E-state index in [0.717, 1.165) is 29.3 Å². The van der Waals surface area contributed by atoms with E-state index in [1.807, 2.05) is 24.3 Å². The van der Waals surface area contributed by atoms with Crippen LogP contribution in [0.25, 0.3) is 10.9 Å². The van der Waals surface area contributed by atoms with Crippen molar-refractivity contribution in [2.45, 2.75) is 37.9 Å². The Hall–Kier alpha value is -1.33. The Balaban J connectivity index is 2.43. The number of hydrogen-bond acceptors (Lipinski definition) is 4. The van der Waals surface area contributed by atoms with Gasteiger partial charge in [0.2, 0.25) is 0 Å². The molecule has 0 aliphatic rings. The van der Waals surface area contributed by atoms with Gasteiger partial charge in [0.1, 0.15) is 0 Å². The summed E-state index contributed by atoms with van der Waals surface area (Å²) in [6.45, 7) is 2.98. The van der Waals surface area contributed by atoms with Crippen LogP contribution in [-0.2, 0) is 6.54 Å². The van der Waals surface area contributed by atoms with Gasteiger partial charge in [-0.05, 0) is 25.0 Å². The van der Waals surface area contributed by atoms with Gasteiger partial charge in [-0.15, -0.1) is 0 Å². The number of rotatable bonds is 7. The van der Waals surface area contributed by atoms with Gasteiger partial charge in [-0.2, -0.15) is 0 Å². The van der Waals surface area contributed by atoms with Crippen molar-refractivity contribution in [3.8, 4) is 0 Å². The van der Waals surface area contributed by atoms with Gasteiger partial charge in [0, 0.05) is 18.9 Å². The van der Waals surface area contributed by atoms with Crippen molar-refractivity contribution in [3.63, 3.8) is 0 Å². The summed E-state index contributed by atoms with van der Waals surface area (Å²) in [6, 6.07) is 7.47. The molecule has 0 radical (unpaired) electrons. The SMILES string of the molecule is CCCCn1c(SCCCO)nc2ccccc2c1=O. The van der Waals surface area contributed by atoms with E-state index in [9.17, 15) is 4.79 Å². The zero-order chi connectivity index (χ0) is 14.4. The fraction of sp³-hybridized carbons (Fsp3) is 0.467. The predicted octanol–water partition coefficient (Wildman–Crippen LogP) is 2.67. The van der Waals surface area contributed by atoms with Crippen LogP contribution >= 0.6 is 11.8 Å². The van der Waals surface area contributed by atoms with Crippen molar-refractivity contribution in [1.29, 1.82) is 0 Å². The topological polar surface area (TPSA) is 55.1 Å². The first-order valence-corrected chi connectivity index (χ1v) is 7.99. The van der Waals surface area contributed by atoms with Crippen LogP contribution in [0.3, 0.4) is 0 Å². The number of aliphatic hydroxyl groups excluding tert-OH is 1. The smallest absolute Gasteiger partial charge is 0.262 e. The molecule has 5 heteroatoms. The summed E-state index contributed by atoms with van der Waals surface area (Å²) in [6.07, 6.45) is 2.72. The van der Waals surface area contributed by atoms with E-state index in [-0.39, 0.29) is 12.2 Å². The first kappa shape index (κ1) is 15.1. The van der Waals surface area contributed by atoms with Crippen molar-refractivity contribution >= 4 is 22.7 Å². The summed E-state index contributed by atoms with van der Waals surface area (Å²) in [5.41, 5.74) is 0.785. The zero-order valence-corrected chi connectivity index (χ0v) is 12.5.